The van der Waals surface area contributed by atoms with Gasteiger partial charge < -0.3 is 15.2 Å². The number of thioether (sulfide) groups is 1. The van der Waals surface area contributed by atoms with Crippen LogP contribution in [0.4, 0.5) is 5.69 Å². The third kappa shape index (κ3) is 5.90. The monoisotopic (exact) mass is 538 g/mol. The van der Waals surface area contributed by atoms with Gasteiger partial charge in [0.25, 0.3) is 5.91 Å². The van der Waals surface area contributed by atoms with Gasteiger partial charge in [0.05, 0.1) is 12.0 Å². The molecule has 0 aliphatic carbocycles. The van der Waals surface area contributed by atoms with Crippen LogP contribution in [0.1, 0.15) is 24.3 Å². The Morgan fingerprint density at radius 3 is 2.17 bits per heavy atom. The lowest BCUT2D eigenvalue weighted by Gasteiger charge is -2.18. The van der Waals surface area contributed by atoms with Crippen molar-refractivity contribution in [3.63, 3.8) is 0 Å². The van der Waals surface area contributed by atoms with Gasteiger partial charge in [0.1, 0.15) is 21.2 Å². The standard InChI is InChI=1S/C27H23ClN2O4S2/c1-27(2,26(32)33)36-21-14-6-17(7-15-21)25-30-22(23(35-25)16-4-8-18(28)9-5-16)24(31)29-19-10-12-20(34-3)13-11-19/h4-15H,1-3H3,(H,29,31)(H,32,33). The summed E-state index contributed by atoms with van der Waals surface area (Å²) < 4.78 is 4.23. The zero-order valence-corrected chi connectivity index (χ0v) is 22.1. The van der Waals surface area contributed by atoms with E-state index in [1.165, 1.54) is 23.1 Å². The number of hydrogen-bond acceptors (Lipinski definition) is 6. The third-order valence-corrected chi connectivity index (χ3v) is 7.88. The number of amides is 1. The molecule has 4 rings (SSSR count). The molecule has 0 saturated heterocycles. The van der Waals surface area contributed by atoms with Crippen LogP contribution in [0, 0.1) is 0 Å². The summed E-state index contributed by atoms with van der Waals surface area (Å²) in [4.78, 5) is 31.0. The molecule has 2 N–H and O–H groups in total. The number of aromatic nitrogens is 1. The van der Waals surface area contributed by atoms with Crippen molar-refractivity contribution in [3.8, 4) is 26.8 Å². The molecule has 0 radical (unpaired) electrons. The molecule has 1 aromatic heterocycles. The van der Waals surface area contributed by atoms with Crippen molar-refractivity contribution in [1.82, 2.24) is 4.98 Å². The predicted octanol–water partition coefficient (Wildman–Crippen LogP) is 7.35. The average molecular weight is 539 g/mol. The van der Waals surface area contributed by atoms with E-state index < -0.39 is 10.7 Å². The van der Waals surface area contributed by atoms with E-state index in [2.05, 4.69) is 10.3 Å². The van der Waals surface area contributed by atoms with Crippen LogP contribution in [0.2, 0.25) is 5.02 Å². The summed E-state index contributed by atoms with van der Waals surface area (Å²) in [6, 6.07) is 21.8. The van der Waals surface area contributed by atoms with E-state index in [1.54, 1.807) is 57.4 Å². The van der Waals surface area contributed by atoms with E-state index in [0.717, 1.165) is 20.9 Å². The summed E-state index contributed by atoms with van der Waals surface area (Å²) in [5.74, 6) is -0.515. The van der Waals surface area contributed by atoms with Crippen molar-refractivity contribution in [2.75, 3.05) is 12.4 Å². The number of carboxylic acids is 1. The number of anilines is 1. The minimum absolute atomic E-state index is 0.304. The van der Waals surface area contributed by atoms with Gasteiger partial charge in [-0.1, -0.05) is 35.9 Å². The quantitative estimate of drug-likeness (QED) is 0.228. The number of benzene rings is 3. The van der Waals surface area contributed by atoms with E-state index in [9.17, 15) is 14.7 Å². The molecule has 6 nitrogen and oxygen atoms in total. The Labute approximate surface area is 222 Å². The Morgan fingerprint density at radius 2 is 1.58 bits per heavy atom. The number of aliphatic carboxylic acids is 1. The lowest BCUT2D eigenvalue weighted by atomic mass is 10.1. The van der Waals surface area contributed by atoms with E-state index >= 15 is 0 Å². The highest BCUT2D eigenvalue weighted by Gasteiger charge is 2.28. The van der Waals surface area contributed by atoms with Crippen LogP contribution in [-0.2, 0) is 4.79 Å². The number of thiazole rings is 1. The highest BCUT2D eigenvalue weighted by atomic mass is 35.5. The minimum atomic E-state index is -0.947. The Balaban J connectivity index is 1.66. The van der Waals surface area contributed by atoms with Crippen LogP contribution >= 0.6 is 34.7 Å². The number of carbonyl (C=O) groups excluding carboxylic acids is 1. The van der Waals surface area contributed by atoms with E-state index in [0.29, 0.717) is 27.2 Å². The molecule has 0 spiro atoms. The number of halogens is 1. The molecule has 0 bridgehead atoms. The summed E-state index contributed by atoms with van der Waals surface area (Å²) in [5, 5.41) is 13.6. The second-order valence-electron chi connectivity index (χ2n) is 8.33. The van der Waals surface area contributed by atoms with E-state index in [-0.39, 0.29) is 5.91 Å². The Kier molecular flexibility index (Phi) is 7.68. The van der Waals surface area contributed by atoms with Gasteiger partial charge in [0, 0.05) is 21.2 Å². The first-order chi connectivity index (χ1) is 17.2. The Bertz CT molecular complexity index is 1380. The van der Waals surface area contributed by atoms with Crippen LogP contribution in [0.15, 0.2) is 77.7 Å². The molecule has 0 atom stereocenters. The predicted molar refractivity (Wildman–Crippen MR) is 147 cm³/mol. The first-order valence-corrected chi connectivity index (χ1v) is 12.9. The fourth-order valence-electron chi connectivity index (χ4n) is 3.26. The maximum absolute atomic E-state index is 13.3. The zero-order chi connectivity index (χ0) is 25.9. The molecule has 0 aliphatic rings. The van der Waals surface area contributed by atoms with Crippen molar-refractivity contribution >= 4 is 52.3 Å². The lowest BCUT2D eigenvalue weighted by molar-refractivity contribution is -0.138. The molecule has 1 amide bonds. The second kappa shape index (κ2) is 10.7. The van der Waals surface area contributed by atoms with Crippen molar-refractivity contribution in [3.05, 3.63) is 83.5 Å². The van der Waals surface area contributed by atoms with Gasteiger partial charge in [-0.2, -0.15) is 0 Å². The number of nitrogens with one attached hydrogen (secondary N) is 1. The molecular formula is C27H23ClN2O4S2. The summed E-state index contributed by atoms with van der Waals surface area (Å²) in [5.41, 5.74) is 2.59. The summed E-state index contributed by atoms with van der Waals surface area (Å²) in [6.07, 6.45) is 0. The van der Waals surface area contributed by atoms with Crippen molar-refractivity contribution in [2.24, 2.45) is 0 Å². The lowest BCUT2D eigenvalue weighted by Crippen LogP contribution is -2.26. The van der Waals surface area contributed by atoms with Crippen LogP contribution in [0.3, 0.4) is 0 Å². The zero-order valence-electron chi connectivity index (χ0n) is 19.7. The molecule has 0 fully saturated rings. The van der Waals surface area contributed by atoms with Crippen molar-refractivity contribution in [2.45, 2.75) is 23.5 Å². The number of ether oxygens (including phenoxy) is 1. The second-order valence-corrected chi connectivity index (χ2v) is 11.5. The summed E-state index contributed by atoms with van der Waals surface area (Å²) in [7, 11) is 1.58. The maximum atomic E-state index is 13.3. The first kappa shape index (κ1) is 25.8. The minimum Gasteiger partial charge on any atom is -0.497 e. The van der Waals surface area contributed by atoms with Gasteiger partial charge in [-0.25, -0.2) is 4.98 Å². The normalized spacial score (nSPS) is 11.2. The fraction of sp³-hybridized carbons (Fsp3) is 0.148. The molecule has 36 heavy (non-hydrogen) atoms. The van der Waals surface area contributed by atoms with Crippen LogP contribution in [0.25, 0.3) is 21.0 Å². The highest BCUT2D eigenvalue weighted by molar-refractivity contribution is 8.01. The summed E-state index contributed by atoms with van der Waals surface area (Å²) >= 11 is 8.75. The largest absolute Gasteiger partial charge is 0.497 e. The van der Waals surface area contributed by atoms with Crippen molar-refractivity contribution < 1.29 is 19.4 Å². The van der Waals surface area contributed by atoms with Gasteiger partial charge in [0.2, 0.25) is 0 Å². The molecule has 3 aromatic carbocycles. The molecule has 9 heteroatoms. The number of nitrogens with zero attached hydrogens (tertiary/aromatic N) is 1. The number of carboxylic acid groups (broad SMARTS) is 1. The smallest absolute Gasteiger partial charge is 0.319 e. The SMILES string of the molecule is COc1ccc(NC(=O)c2nc(-c3ccc(SC(C)(C)C(=O)O)cc3)sc2-c2ccc(Cl)cc2)cc1. The topological polar surface area (TPSA) is 88.5 Å². The molecule has 0 unspecified atom stereocenters. The number of rotatable bonds is 8. The molecule has 0 saturated carbocycles. The first-order valence-electron chi connectivity index (χ1n) is 10.9. The van der Waals surface area contributed by atoms with Crippen LogP contribution < -0.4 is 10.1 Å². The molecular weight excluding hydrogens is 516 g/mol. The van der Waals surface area contributed by atoms with Gasteiger partial charge in [-0.3, -0.25) is 9.59 Å². The van der Waals surface area contributed by atoms with Gasteiger partial charge in [-0.15, -0.1) is 23.1 Å². The van der Waals surface area contributed by atoms with E-state index in [1.807, 2.05) is 36.4 Å². The molecule has 1 heterocycles. The summed E-state index contributed by atoms with van der Waals surface area (Å²) in [6.45, 7) is 3.33. The van der Waals surface area contributed by atoms with Crippen LogP contribution in [-0.4, -0.2) is 33.8 Å². The fourth-order valence-corrected chi connectivity index (χ4v) is 5.41. The van der Waals surface area contributed by atoms with Gasteiger partial charge in [-0.05, 0) is 67.9 Å². The van der Waals surface area contributed by atoms with Crippen molar-refractivity contribution in [1.29, 1.82) is 0 Å². The highest BCUT2D eigenvalue weighted by Crippen LogP contribution is 2.38. The Morgan fingerprint density at radius 1 is 0.972 bits per heavy atom. The number of carbonyl (C=O) groups is 2. The number of hydrogen-bond donors (Lipinski definition) is 2. The van der Waals surface area contributed by atoms with E-state index in [4.69, 9.17) is 16.3 Å². The van der Waals surface area contributed by atoms with Crippen LogP contribution in [0.5, 0.6) is 5.75 Å². The molecule has 4 aromatic rings. The van der Waals surface area contributed by atoms with Gasteiger partial charge >= 0.3 is 5.97 Å². The maximum Gasteiger partial charge on any atom is 0.319 e. The van der Waals surface area contributed by atoms with Gasteiger partial charge in [0.15, 0.2) is 0 Å². The molecule has 0 aliphatic heterocycles. The number of methoxy groups -OCH3 is 1. The molecule has 184 valence electrons. The Hall–Kier alpha value is -3.33. The average Bonchev–Trinajstić information content (AvgIpc) is 3.31. The third-order valence-electron chi connectivity index (χ3n) is 5.29.